The standard InChI is InChI=1S/C26H55N.H3O4P/c1-4-7-9-11-13-15-17-19-21-23-25-27(6-3)26-24-22-20-18-16-14-12-10-8-5-2;1-5(2,3)4/h4-26H2,1-3H3;(H3,1,2,3,4). The van der Waals surface area contributed by atoms with Crippen LogP contribution in [0, 0.1) is 0 Å². The van der Waals surface area contributed by atoms with Gasteiger partial charge in [-0.3, -0.25) is 0 Å². The average molecular weight is 480 g/mol. The third kappa shape index (κ3) is 37.4. The molecule has 0 heterocycles. The van der Waals surface area contributed by atoms with E-state index in [4.69, 9.17) is 19.2 Å². The van der Waals surface area contributed by atoms with Crippen LogP contribution in [0.25, 0.3) is 0 Å². The van der Waals surface area contributed by atoms with Gasteiger partial charge in [0.05, 0.1) is 0 Å². The van der Waals surface area contributed by atoms with Gasteiger partial charge in [-0.1, -0.05) is 136 Å². The van der Waals surface area contributed by atoms with E-state index >= 15 is 0 Å². The second kappa shape index (κ2) is 27.3. The first-order valence-corrected chi connectivity index (χ1v) is 15.4. The number of nitrogens with zero attached hydrogens (tertiary/aromatic N) is 1. The Morgan fingerprint density at radius 3 is 0.906 bits per heavy atom. The minimum Gasteiger partial charge on any atom is -0.304 e. The number of rotatable bonds is 23. The molecule has 0 saturated carbocycles. The number of hydrogen-bond acceptors (Lipinski definition) is 2. The van der Waals surface area contributed by atoms with E-state index in [0.29, 0.717) is 0 Å². The van der Waals surface area contributed by atoms with Crippen molar-refractivity contribution in [3.05, 3.63) is 0 Å². The van der Waals surface area contributed by atoms with Crippen LogP contribution in [0.15, 0.2) is 0 Å². The van der Waals surface area contributed by atoms with Gasteiger partial charge in [0, 0.05) is 0 Å². The highest BCUT2D eigenvalue weighted by Gasteiger charge is 2.02. The molecule has 0 aliphatic rings. The van der Waals surface area contributed by atoms with Gasteiger partial charge >= 0.3 is 7.82 Å². The van der Waals surface area contributed by atoms with Gasteiger partial charge < -0.3 is 19.6 Å². The van der Waals surface area contributed by atoms with Gasteiger partial charge in [-0.15, -0.1) is 0 Å². The maximum absolute atomic E-state index is 8.88. The van der Waals surface area contributed by atoms with Gasteiger partial charge in [-0.25, -0.2) is 4.57 Å². The fraction of sp³-hybridized carbons (Fsp3) is 1.00. The summed E-state index contributed by atoms with van der Waals surface area (Å²) in [6.07, 6.45) is 28.9. The van der Waals surface area contributed by atoms with Crippen molar-refractivity contribution < 1.29 is 19.2 Å². The van der Waals surface area contributed by atoms with Gasteiger partial charge in [-0.2, -0.15) is 0 Å². The number of phosphoric acid groups is 1. The Balaban J connectivity index is 0. The molecular formula is C26H58NO4P. The molecular weight excluding hydrogens is 421 g/mol. The lowest BCUT2D eigenvalue weighted by Gasteiger charge is -2.20. The maximum Gasteiger partial charge on any atom is 0.466 e. The molecule has 0 rings (SSSR count). The largest absolute Gasteiger partial charge is 0.466 e. The van der Waals surface area contributed by atoms with E-state index in [2.05, 4.69) is 25.7 Å². The van der Waals surface area contributed by atoms with Crippen molar-refractivity contribution in [3.63, 3.8) is 0 Å². The summed E-state index contributed by atoms with van der Waals surface area (Å²) < 4.78 is 8.88. The highest BCUT2D eigenvalue weighted by Crippen LogP contribution is 2.25. The van der Waals surface area contributed by atoms with E-state index in [-0.39, 0.29) is 0 Å². The molecule has 0 amide bonds. The predicted molar refractivity (Wildman–Crippen MR) is 140 cm³/mol. The van der Waals surface area contributed by atoms with Crippen LogP contribution in [-0.4, -0.2) is 39.2 Å². The van der Waals surface area contributed by atoms with Crippen LogP contribution in [0.1, 0.15) is 149 Å². The van der Waals surface area contributed by atoms with Crippen LogP contribution in [0.5, 0.6) is 0 Å². The number of hydrogen-bond donors (Lipinski definition) is 3. The lowest BCUT2D eigenvalue weighted by atomic mass is 10.1. The minimum absolute atomic E-state index is 1.24. The molecule has 0 saturated heterocycles. The summed E-state index contributed by atoms with van der Waals surface area (Å²) in [5, 5.41) is 0. The van der Waals surface area contributed by atoms with Crippen molar-refractivity contribution in [2.45, 2.75) is 149 Å². The Bertz CT molecular complexity index is 358. The van der Waals surface area contributed by atoms with Crippen molar-refractivity contribution in [2.75, 3.05) is 19.6 Å². The summed E-state index contributed by atoms with van der Waals surface area (Å²) in [6.45, 7) is 10.9. The summed E-state index contributed by atoms with van der Waals surface area (Å²) in [5.41, 5.74) is 0. The highest BCUT2D eigenvalue weighted by molar-refractivity contribution is 7.45. The number of unbranched alkanes of at least 4 members (excludes halogenated alkanes) is 18. The van der Waals surface area contributed by atoms with Crippen molar-refractivity contribution in [1.29, 1.82) is 0 Å². The summed E-state index contributed by atoms with van der Waals surface area (Å²) in [5.74, 6) is 0. The zero-order valence-electron chi connectivity index (χ0n) is 21.9. The van der Waals surface area contributed by atoms with E-state index in [1.807, 2.05) is 0 Å². The normalized spacial score (nSPS) is 11.6. The van der Waals surface area contributed by atoms with Crippen LogP contribution in [0.3, 0.4) is 0 Å². The third-order valence-corrected chi connectivity index (χ3v) is 6.10. The smallest absolute Gasteiger partial charge is 0.304 e. The van der Waals surface area contributed by atoms with E-state index in [1.54, 1.807) is 0 Å². The van der Waals surface area contributed by atoms with Gasteiger partial charge in [-0.05, 0) is 32.5 Å². The van der Waals surface area contributed by atoms with Crippen molar-refractivity contribution in [1.82, 2.24) is 4.90 Å². The van der Waals surface area contributed by atoms with E-state index in [9.17, 15) is 0 Å². The topological polar surface area (TPSA) is 81.0 Å². The molecule has 0 fully saturated rings. The molecule has 0 unspecified atom stereocenters. The lowest BCUT2D eigenvalue weighted by molar-refractivity contribution is 0.273. The van der Waals surface area contributed by atoms with E-state index in [0.717, 1.165) is 0 Å². The zero-order chi connectivity index (χ0) is 24.3. The second-order valence-electron chi connectivity index (χ2n) is 9.31. The molecule has 0 radical (unpaired) electrons. The first kappa shape index (κ1) is 34.2. The minimum atomic E-state index is -4.64. The molecule has 0 spiro atoms. The third-order valence-electron chi connectivity index (χ3n) is 6.10. The zero-order valence-corrected chi connectivity index (χ0v) is 22.8. The van der Waals surface area contributed by atoms with Gasteiger partial charge in [0.25, 0.3) is 0 Å². The quantitative estimate of drug-likeness (QED) is 0.102. The van der Waals surface area contributed by atoms with Crippen LogP contribution in [-0.2, 0) is 4.57 Å². The Kier molecular flexibility index (Phi) is 29.2. The summed E-state index contributed by atoms with van der Waals surface area (Å²) >= 11 is 0. The average Bonchev–Trinajstić information content (AvgIpc) is 2.73. The predicted octanol–water partition coefficient (Wildman–Crippen LogP) is 8.22. The van der Waals surface area contributed by atoms with Crippen LogP contribution in [0.2, 0.25) is 0 Å². The summed E-state index contributed by atoms with van der Waals surface area (Å²) in [6, 6.07) is 0. The first-order chi connectivity index (χ1) is 15.3. The first-order valence-electron chi connectivity index (χ1n) is 13.9. The maximum atomic E-state index is 8.88. The molecule has 6 heteroatoms. The molecule has 0 aromatic carbocycles. The molecule has 5 nitrogen and oxygen atoms in total. The molecule has 0 aliphatic carbocycles. The fourth-order valence-electron chi connectivity index (χ4n) is 4.07. The van der Waals surface area contributed by atoms with Crippen LogP contribution in [0.4, 0.5) is 0 Å². The molecule has 32 heavy (non-hydrogen) atoms. The Labute approximate surface area is 201 Å². The monoisotopic (exact) mass is 479 g/mol. The van der Waals surface area contributed by atoms with Crippen LogP contribution >= 0.6 is 7.82 Å². The van der Waals surface area contributed by atoms with Gasteiger partial charge in [0.15, 0.2) is 0 Å². The van der Waals surface area contributed by atoms with Gasteiger partial charge in [0.1, 0.15) is 0 Å². The molecule has 0 aromatic rings. The van der Waals surface area contributed by atoms with Crippen LogP contribution < -0.4 is 0 Å². The SMILES string of the molecule is CCCCCCCCCCCCN(CC)CCCCCCCCCCCC.O=P(O)(O)O. The lowest BCUT2D eigenvalue weighted by Crippen LogP contribution is -2.25. The Morgan fingerprint density at radius 1 is 0.469 bits per heavy atom. The summed E-state index contributed by atoms with van der Waals surface area (Å²) in [7, 11) is -4.64. The molecule has 0 bridgehead atoms. The van der Waals surface area contributed by atoms with E-state index in [1.165, 1.54) is 148 Å². The Hall–Kier alpha value is 0.0700. The Morgan fingerprint density at radius 2 is 0.688 bits per heavy atom. The molecule has 196 valence electrons. The fourth-order valence-corrected chi connectivity index (χ4v) is 4.07. The van der Waals surface area contributed by atoms with Crippen molar-refractivity contribution in [2.24, 2.45) is 0 Å². The second-order valence-corrected chi connectivity index (χ2v) is 10.3. The van der Waals surface area contributed by atoms with Crippen molar-refractivity contribution in [3.8, 4) is 0 Å². The van der Waals surface area contributed by atoms with Gasteiger partial charge in [0.2, 0.25) is 0 Å². The summed E-state index contributed by atoms with van der Waals surface area (Å²) in [4.78, 5) is 24.3. The molecule has 0 aromatic heterocycles. The van der Waals surface area contributed by atoms with E-state index < -0.39 is 7.82 Å². The highest BCUT2D eigenvalue weighted by atomic mass is 31.2. The molecule has 3 N–H and O–H groups in total. The molecule has 0 aliphatic heterocycles. The molecule has 0 atom stereocenters. The van der Waals surface area contributed by atoms with Crippen molar-refractivity contribution >= 4 is 7.82 Å².